The average Bonchev–Trinajstić information content (AvgIpc) is 2.94. The van der Waals surface area contributed by atoms with E-state index in [2.05, 4.69) is 5.32 Å². The third kappa shape index (κ3) is 7.76. The number of ether oxygens (including phenoxy) is 1. The van der Waals surface area contributed by atoms with Gasteiger partial charge in [0, 0.05) is 17.6 Å². The minimum atomic E-state index is -4.16. The molecule has 8 nitrogen and oxygen atoms in total. The minimum Gasteiger partial charge on any atom is -0.497 e. The van der Waals surface area contributed by atoms with E-state index in [0.717, 1.165) is 21.9 Å². The van der Waals surface area contributed by atoms with Gasteiger partial charge in [0.1, 0.15) is 18.3 Å². The van der Waals surface area contributed by atoms with Crippen molar-refractivity contribution in [1.82, 2.24) is 10.2 Å². The first-order valence-electron chi connectivity index (χ1n) is 13.0. The third-order valence-electron chi connectivity index (χ3n) is 6.66. The number of hydrogen-bond donors (Lipinski definition) is 1. The van der Waals surface area contributed by atoms with E-state index < -0.39 is 28.5 Å². The zero-order valence-electron chi connectivity index (χ0n) is 23.4. The number of carbonyl (C=O) groups excluding carboxylic acids is 2. The smallest absolute Gasteiger partial charge is 0.264 e. The van der Waals surface area contributed by atoms with Crippen LogP contribution in [-0.4, -0.2) is 50.9 Å². The molecule has 0 saturated heterocycles. The molecular weight excluding hydrogens is 550 g/mol. The topological polar surface area (TPSA) is 96.0 Å². The number of aryl methyl sites for hydroxylation is 1. The summed E-state index contributed by atoms with van der Waals surface area (Å²) in [5.74, 6) is -0.256. The Labute approximate surface area is 241 Å². The predicted octanol–water partition coefficient (Wildman–Crippen LogP) is 5.18. The van der Waals surface area contributed by atoms with Crippen molar-refractivity contribution in [3.63, 3.8) is 0 Å². The van der Waals surface area contributed by atoms with Gasteiger partial charge in [0.25, 0.3) is 10.0 Å². The standard InChI is InChI=1S/C30H36ClN3O5S/c1-6-22(3)32-30(36)23(4)33(19-24-8-7-9-27(18-24)39-5)29(35)20-34(26-14-10-21(2)11-15-26)40(37,38)28-16-12-25(31)13-17-28/h7-18,22-23H,6,19-20H2,1-5H3,(H,32,36)/t22-,23-/m0/s1. The van der Waals surface area contributed by atoms with Gasteiger partial charge in [-0.05, 0) is 81.3 Å². The number of nitrogens with one attached hydrogen (secondary N) is 1. The zero-order chi connectivity index (χ0) is 29.4. The van der Waals surface area contributed by atoms with Crippen molar-refractivity contribution in [3.05, 3.63) is 88.9 Å². The number of benzene rings is 3. The Kier molecular flexibility index (Phi) is 10.6. The second kappa shape index (κ2) is 13.7. The van der Waals surface area contributed by atoms with Crippen LogP contribution in [0.15, 0.2) is 77.7 Å². The summed E-state index contributed by atoms with van der Waals surface area (Å²) in [6.07, 6.45) is 0.725. The summed E-state index contributed by atoms with van der Waals surface area (Å²) in [6.45, 7) is 6.93. The summed E-state index contributed by atoms with van der Waals surface area (Å²) in [6, 6.07) is 18.9. The van der Waals surface area contributed by atoms with Gasteiger partial charge in [-0.25, -0.2) is 8.42 Å². The van der Waals surface area contributed by atoms with Gasteiger partial charge in [-0.3, -0.25) is 13.9 Å². The Balaban J connectivity index is 2.03. The minimum absolute atomic E-state index is 0.00724. The number of carbonyl (C=O) groups is 2. The molecule has 0 spiro atoms. The van der Waals surface area contributed by atoms with E-state index in [1.54, 1.807) is 56.5 Å². The van der Waals surface area contributed by atoms with Crippen LogP contribution in [0.2, 0.25) is 5.02 Å². The Morgan fingerprint density at radius 3 is 2.25 bits per heavy atom. The highest BCUT2D eigenvalue weighted by molar-refractivity contribution is 7.92. The monoisotopic (exact) mass is 585 g/mol. The van der Waals surface area contributed by atoms with E-state index in [0.29, 0.717) is 16.5 Å². The Morgan fingerprint density at radius 1 is 1.00 bits per heavy atom. The molecule has 2 amide bonds. The van der Waals surface area contributed by atoms with Crippen molar-refractivity contribution in [3.8, 4) is 5.75 Å². The molecule has 0 aliphatic heterocycles. The number of nitrogens with zero attached hydrogens (tertiary/aromatic N) is 2. The van der Waals surface area contributed by atoms with Crippen molar-refractivity contribution in [2.45, 2.75) is 57.6 Å². The first-order chi connectivity index (χ1) is 19.0. The van der Waals surface area contributed by atoms with Crippen LogP contribution in [0.5, 0.6) is 5.75 Å². The number of rotatable bonds is 12. The highest BCUT2D eigenvalue weighted by atomic mass is 35.5. The molecule has 1 N–H and O–H groups in total. The summed E-state index contributed by atoms with van der Waals surface area (Å²) >= 11 is 6.00. The average molecular weight is 586 g/mol. The lowest BCUT2D eigenvalue weighted by atomic mass is 10.1. The molecule has 10 heteroatoms. The van der Waals surface area contributed by atoms with Crippen molar-refractivity contribution in [2.24, 2.45) is 0 Å². The van der Waals surface area contributed by atoms with Crippen LogP contribution in [0.3, 0.4) is 0 Å². The van der Waals surface area contributed by atoms with Crippen LogP contribution in [-0.2, 0) is 26.2 Å². The third-order valence-corrected chi connectivity index (χ3v) is 8.70. The summed E-state index contributed by atoms with van der Waals surface area (Å²) in [5, 5.41) is 3.31. The van der Waals surface area contributed by atoms with E-state index >= 15 is 0 Å². The van der Waals surface area contributed by atoms with Crippen molar-refractivity contribution in [1.29, 1.82) is 0 Å². The van der Waals surface area contributed by atoms with Crippen molar-refractivity contribution in [2.75, 3.05) is 18.0 Å². The van der Waals surface area contributed by atoms with Gasteiger partial charge in [0.05, 0.1) is 17.7 Å². The van der Waals surface area contributed by atoms with Crippen LogP contribution in [0.1, 0.15) is 38.3 Å². The molecule has 0 bridgehead atoms. The molecule has 2 atom stereocenters. The fraction of sp³-hybridized carbons (Fsp3) is 0.333. The fourth-order valence-electron chi connectivity index (χ4n) is 3.99. The van der Waals surface area contributed by atoms with Gasteiger partial charge >= 0.3 is 0 Å². The fourth-order valence-corrected chi connectivity index (χ4v) is 5.53. The van der Waals surface area contributed by atoms with Gasteiger partial charge in [0.2, 0.25) is 11.8 Å². The van der Waals surface area contributed by atoms with Gasteiger partial charge in [-0.2, -0.15) is 0 Å². The summed E-state index contributed by atoms with van der Waals surface area (Å²) in [4.78, 5) is 28.5. The number of halogens is 1. The first-order valence-corrected chi connectivity index (χ1v) is 14.9. The van der Waals surface area contributed by atoms with Gasteiger partial charge in [0.15, 0.2) is 0 Å². The highest BCUT2D eigenvalue weighted by Gasteiger charge is 2.32. The van der Waals surface area contributed by atoms with E-state index in [-0.39, 0.29) is 23.4 Å². The molecule has 3 aromatic rings. The zero-order valence-corrected chi connectivity index (χ0v) is 25.0. The molecule has 40 heavy (non-hydrogen) atoms. The first kappa shape index (κ1) is 31.0. The lowest BCUT2D eigenvalue weighted by molar-refractivity contribution is -0.139. The molecule has 0 fully saturated rings. The molecule has 0 aromatic heterocycles. The van der Waals surface area contributed by atoms with E-state index in [4.69, 9.17) is 16.3 Å². The lowest BCUT2D eigenvalue weighted by Gasteiger charge is -2.32. The molecular formula is C30H36ClN3O5S. The molecule has 0 aliphatic carbocycles. The molecule has 3 rings (SSSR count). The van der Waals surface area contributed by atoms with E-state index in [1.807, 2.05) is 26.8 Å². The molecule has 214 valence electrons. The molecule has 3 aromatic carbocycles. The Morgan fingerprint density at radius 2 is 1.65 bits per heavy atom. The van der Waals surface area contributed by atoms with Gasteiger partial charge < -0.3 is 15.0 Å². The lowest BCUT2D eigenvalue weighted by Crippen LogP contribution is -2.52. The summed E-state index contributed by atoms with van der Waals surface area (Å²) < 4.78 is 34.1. The quantitative estimate of drug-likeness (QED) is 0.316. The molecule has 0 heterocycles. The summed E-state index contributed by atoms with van der Waals surface area (Å²) in [7, 11) is -2.61. The number of hydrogen-bond acceptors (Lipinski definition) is 5. The maximum absolute atomic E-state index is 14.0. The maximum atomic E-state index is 14.0. The van der Waals surface area contributed by atoms with Crippen LogP contribution in [0.25, 0.3) is 0 Å². The van der Waals surface area contributed by atoms with E-state index in [1.165, 1.54) is 29.2 Å². The molecule has 0 saturated carbocycles. The van der Waals surface area contributed by atoms with Gasteiger partial charge in [-0.15, -0.1) is 0 Å². The van der Waals surface area contributed by atoms with Crippen LogP contribution >= 0.6 is 11.6 Å². The number of sulfonamides is 1. The summed E-state index contributed by atoms with van der Waals surface area (Å²) in [5.41, 5.74) is 2.00. The molecule has 0 unspecified atom stereocenters. The second-order valence-electron chi connectivity index (χ2n) is 9.67. The molecule has 0 aliphatic rings. The maximum Gasteiger partial charge on any atom is 0.264 e. The SMILES string of the molecule is CC[C@H](C)NC(=O)[C@H](C)N(Cc1cccc(OC)c1)C(=O)CN(c1ccc(C)cc1)S(=O)(=O)c1ccc(Cl)cc1. The normalized spacial score (nSPS) is 12.8. The van der Waals surface area contributed by atoms with Crippen LogP contribution in [0.4, 0.5) is 5.69 Å². The van der Waals surface area contributed by atoms with E-state index in [9.17, 15) is 18.0 Å². The Bertz CT molecular complexity index is 1410. The number of amides is 2. The van der Waals surface area contributed by atoms with Crippen LogP contribution < -0.4 is 14.4 Å². The second-order valence-corrected chi connectivity index (χ2v) is 12.0. The Hall–Kier alpha value is -3.56. The number of anilines is 1. The number of methoxy groups -OCH3 is 1. The predicted molar refractivity (Wildman–Crippen MR) is 158 cm³/mol. The van der Waals surface area contributed by atoms with Gasteiger partial charge in [-0.1, -0.05) is 48.4 Å². The van der Waals surface area contributed by atoms with Crippen LogP contribution in [0, 0.1) is 6.92 Å². The highest BCUT2D eigenvalue weighted by Crippen LogP contribution is 2.26. The molecule has 0 radical (unpaired) electrons. The largest absolute Gasteiger partial charge is 0.497 e. The van der Waals surface area contributed by atoms with Crippen molar-refractivity contribution >= 4 is 39.1 Å². The van der Waals surface area contributed by atoms with Crippen molar-refractivity contribution < 1.29 is 22.7 Å².